The largest absolute Gasteiger partial charge is 0.481 e. The minimum Gasteiger partial charge on any atom is -0.481 e. The molecule has 0 radical (unpaired) electrons. The molecule has 2 aliphatic carbocycles. The topological polar surface area (TPSA) is 138 Å². The van der Waals surface area contributed by atoms with Gasteiger partial charge in [-0.15, -0.1) is 0 Å². The first kappa shape index (κ1) is 31.2. The quantitative estimate of drug-likeness (QED) is 0.151. The number of carboxylic acids is 1. The number of carboxylic acid groups (broad SMARTS) is 1. The maximum atomic E-state index is 11.3. The van der Waals surface area contributed by atoms with Crippen molar-refractivity contribution >= 4 is 5.97 Å². The Labute approximate surface area is 221 Å². The second-order valence-electron chi connectivity index (χ2n) is 11.9. The molecule has 0 amide bonds. The molecule has 0 saturated carbocycles. The molecule has 2 aliphatic rings. The fraction of sp³-hybridized carbons (Fsp3) is 0.633. The number of aliphatic hydroxyl groups is 5. The van der Waals surface area contributed by atoms with Crippen LogP contribution < -0.4 is 0 Å². The number of hydrogen-bond acceptors (Lipinski definition) is 6. The van der Waals surface area contributed by atoms with E-state index in [2.05, 4.69) is 0 Å². The maximum Gasteiger partial charge on any atom is 0.309 e. The van der Waals surface area contributed by atoms with E-state index in [4.69, 9.17) is 0 Å². The molecule has 0 spiro atoms. The predicted molar refractivity (Wildman–Crippen MR) is 145 cm³/mol. The van der Waals surface area contributed by atoms with Crippen molar-refractivity contribution in [1.82, 2.24) is 0 Å². The number of unbranched alkanes of at least 4 members (excludes halogenated alkanes) is 2. The van der Waals surface area contributed by atoms with Crippen molar-refractivity contribution in [2.45, 2.75) is 103 Å². The van der Waals surface area contributed by atoms with E-state index in [0.29, 0.717) is 48.8 Å². The molecule has 0 aliphatic heterocycles. The summed E-state index contributed by atoms with van der Waals surface area (Å²) in [6.07, 6.45) is 12.1. The highest BCUT2D eigenvalue weighted by Gasteiger charge is 2.27. The minimum absolute atomic E-state index is 0.130. The lowest BCUT2D eigenvalue weighted by molar-refractivity contribution is -0.147. The van der Waals surface area contributed by atoms with Crippen molar-refractivity contribution in [3.8, 4) is 0 Å². The van der Waals surface area contributed by atoms with E-state index < -0.39 is 35.8 Å². The first-order valence-corrected chi connectivity index (χ1v) is 13.3. The summed E-state index contributed by atoms with van der Waals surface area (Å²) in [6.45, 7) is 7.56. The van der Waals surface area contributed by atoms with Gasteiger partial charge in [-0.3, -0.25) is 4.79 Å². The second-order valence-corrected chi connectivity index (χ2v) is 11.9. The summed E-state index contributed by atoms with van der Waals surface area (Å²) in [5.74, 6) is -0.830. The third kappa shape index (κ3) is 9.65. The highest BCUT2D eigenvalue weighted by Crippen LogP contribution is 2.31. The van der Waals surface area contributed by atoms with Crippen molar-refractivity contribution in [1.29, 1.82) is 0 Å². The van der Waals surface area contributed by atoms with Crippen LogP contribution in [0.5, 0.6) is 0 Å². The molecule has 6 N–H and O–H groups in total. The van der Waals surface area contributed by atoms with E-state index >= 15 is 0 Å². The van der Waals surface area contributed by atoms with E-state index in [1.165, 1.54) is 0 Å². The predicted octanol–water partition coefficient (Wildman–Crippen LogP) is 3.97. The molecule has 0 fully saturated rings. The minimum atomic E-state index is -0.900. The van der Waals surface area contributed by atoms with Crippen LogP contribution in [-0.2, 0) is 4.79 Å². The zero-order chi connectivity index (χ0) is 27.8. The lowest BCUT2D eigenvalue weighted by Gasteiger charge is -2.25. The normalized spacial score (nSPS) is 25.0. The Morgan fingerprint density at radius 3 is 1.59 bits per heavy atom. The van der Waals surface area contributed by atoms with Gasteiger partial charge in [0.25, 0.3) is 0 Å². The maximum absolute atomic E-state index is 11.3. The zero-order valence-electron chi connectivity index (χ0n) is 22.7. The fourth-order valence-corrected chi connectivity index (χ4v) is 4.66. The van der Waals surface area contributed by atoms with Crippen molar-refractivity contribution < 1.29 is 35.4 Å². The van der Waals surface area contributed by atoms with Crippen LogP contribution >= 0.6 is 0 Å². The summed E-state index contributed by atoms with van der Waals surface area (Å²) >= 11 is 0. The van der Waals surface area contributed by atoms with E-state index in [9.17, 15) is 35.4 Å². The third-order valence-corrected chi connectivity index (χ3v) is 7.39. The van der Waals surface area contributed by atoms with Crippen LogP contribution in [0.1, 0.15) is 79.1 Å². The summed E-state index contributed by atoms with van der Waals surface area (Å²) in [7, 11) is 0. The van der Waals surface area contributed by atoms with Gasteiger partial charge in [0.05, 0.1) is 29.8 Å². The molecule has 0 saturated heterocycles. The molecule has 0 aromatic rings. The molecule has 7 nitrogen and oxygen atoms in total. The SMILES string of the molecule is CC(C)(CO)CCCCC1=CC(O)C=C(C=CC2=CC(O)C=C(CCCCC(C)(C)C(=O)O)C2O)C1O. The summed E-state index contributed by atoms with van der Waals surface area (Å²) in [4.78, 5) is 11.3. The average molecular weight is 519 g/mol. The molecule has 0 heterocycles. The van der Waals surface area contributed by atoms with Crippen LogP contribution in [0, 0.1) is 10.8 Å². The molecule has 7 heteroatoms. The van der Waals surface area contributed by atoms with Gasteiger partial charge >= 0.3 is 5.97 Å². The Kier molecular flexibility index (Phi) is 11.5. The van der Waals surface area contributed by atoms with Gasteiger partial charge in [0.2, 0.25) is 0 Å². The van der Waals surface area contributed by atoms with Crippen LogP contribution in [0.4, 0.5) is 0 Å². The first-order chi connectivity index (χ1) is 17.3. The van der Waals surface area contributed by atoms with Crippen molar-refractivity contribution in [2.24, 2.45) is 10.8 Å². The number of hydrogen-bond donors (Lipinski definition) is 6. The molecular formula is C30H46O7. The van der Waals surface area contributed by atoms with Crippen LogP contribution in [0.2, 0.25) is 0 Å². The fourth-order valence-electron chi connectivity index (χ4n) is 4.66. The highest BCUT2D eigenvalue weighted by atomic mass is 16.4. The summed E-state index contributed by atoms with van der Waals surface area (Å²) in [5.41, 5.74) is 1.56. The van der Waals surface area contributed by atoms with Crippen molar-refractivity contribution in [2.75, 3.05) is 6.61 Å². The van der Waals surface area contributed by atoms with Crippen LogP contribution in [-0.4, -0.2) is 67.6 Å². The van der Waals surface area contributed by atoms with Gasteiger partial charge < -0.3 is 30.6 Å². The number of rotatable bonds is 14. The van der Waals surface area contributed by atoms with Gasteiger partial charge in [-0.25, -0.2) is 0 Å². The molecule has 0 aromatic carbocycles. The summed E-state index contributed by atoms with van der Waals surface area (Å²) < 4.78 is 0. The Morgan fingerprint density at radius 1 is 0.757 bits per heavy atom. The molecule has 208 valence electrons. The zero-order valence-corrected chi connectivity index (χ0v) is 22.7. The number of aliphatic carboxylic acids is 1. The molecule has 4 atom stereocenters. The smallest absolute Gasteiger partial charge is 0.309 e. The Bertz CT molecular complexity index is 936. The van der Waals surface area contributed by atoms with Gasteiger partial charge in [0.1, 0.15) is 0 Å². The van der Waals surface area contributed by atoms with Crippen LogP contribution in [0.25, 0.3) is 0 Å². The second kappa shape index (κ2) is 13.7. The van der Waals surface area contributed by atoms with E-state index in [-0.39, 0.29) is 12.0 Å². The Hall–Kier alpha value is -2.03. The highest BCUT2D eigenvalue weighted by molar-refractivity contribution is 5.73. The van der Waals surface area contributed by atoms with Crippen molar-refractivity contribution in [3.63, 3.8) is 0 Å². The molecular weight excluding hydrogens is 472 g/mol. The Morgan fingerprint density at radius 2 is 1.19 bits per heavy atom. The molecule has 0 aromatic heterocycles. The van der Waals surface area contributed by atoms with Gasteiger partial charge in [-0.05, 0) is 92.2 Å². The van der Waals surface area contributed by atoms with Crippen LogP contribution in [0.15, 0.2) is 58.7 Å². The number of aliphatic hydroxyl groups excluding tert-OH is 5. The molecule has 4 unspecified atom stereocenters. The van der Waals surface area contributed by atoms with Gasteiger partial charge in [-0.2, -0.15) is 0 Å². The van der Waals surface area contributed by atoms with Crippen LogP contribution in [0.3, 0.4) is 0 Å². The summed E-state index contributed by atoms with van der Waals surface area (Å²) in [6, 6.07) is 0. The van der Waals surface area contributed by atoms with Gasteiger partial charge in [-0.1, -0.05) is 51.0 Å². The molecule has 37 heavy (non-hydrogen) atoms. The van der Waals surface area contributed by atoms with Crippen molar-refractivity contribution in [3.05, 3.63) is 58.7 Å². The molecule has 0 bridgehead atoms. The van der Waals surface area contributed by atoms with E-state index in [1.54, 1.807) is 50.3 Å². The lowest BCUT2D eigenvalue weighted by Crippen LogP contribution is -2.24. The van der Waals surface area contributed by atoms with E-state index in [0.717, 1.165) is 24.8 Å². The summed E-state index contributed by atoms with van der Waals surface area (Å²) in [5, 5.41) is 61.0. The van der Waals surface area contributed by atoms with E-state index in [1.807, 2.05) is 13.8 Å². The number of carbonyl (C=O) groups is 1. The third-order valence-electron chi connectivity index (χ3n) is 7.39. The van der Waals surface area contributed by atoms with Gasteiger partial charge in [0, 0.05) is 6.61 Å². The molecule has 2 rings (SSSR count). The van der Waals surface area contributed by atoms with Gasteiger partial charge in [0.15, 0.2) is 0 Å². The standard InChI is InChI=1S/C30H46O7/c1-29(2,19-31)13-7-5-9-20-15-24(32)17-22(26(20)34)11-12-23-18-25(33)16-21(27(23)35)10-6-8-14-30(3,4)28(36)37/h11-12,15-18,24-27,31-35H,5-10,13-14,19H2,1-4H3,(H,36,37). The monoisotopic (exact) mass is 518 g/mol. The first-order valence-electron chi connectivity index (χ1n) is 13.3. The Balaban J connectivity index is 1.95. The average Bonchev–Trinajstić information content (AvgIpc) is 2.82. The lowest BCUT2D eigenvalue weighted by atomic mass is 9.84.